The predicted molar refractivity (Wildman–Crippen MR) is 103 cm³/mol. The third kappa shape index (κ3) is 3.13. The van der Waals surface area contributed by atoms with E-state index in [1.807, 2.05) is 0 Å². The molecule has 1 atom stereocenters. The van der Waals surface area contributed by atoms with Gasteiger partial charge in [-0.1, -0.05) is 64.1 Å². The van der Waals surface area contributed by atoms with Crippen molar-refractivity contribution in [1.29, 1.82) is 0 Å². The lowest BCUT2D eigenvalue weighted by Crippen LogP contribution is -1.95. The van der Waals surface area contributed by atoms with Crippen LogP contribution in [0.3, 0.4) is 0 Å². The van der Waals surface area contributed by atoms with Crippen molar-refractivity contribution in [2.75, 3.05) is 0 Å². The molecule has 23 heavy (non-hydrogen) atoms. The number of benzene rings is 3. The molecule has 0 fully saturated rings. The Morgan fingerprint density at radius 3 is 1.65 bits per heavy atom. The van der Waals surface area contributed by atoms with Gasteiger partial charge in [0.25, 0.3) is 0 Å². The number of hydrogen-bond acceptors (Lipinski definition) is 0. The van der Waals surface area contributed by atoms with E-state index in [0.717, 1.165) is 0 Å². The summed E-state index contributed by atoms with van der Waals surface area (Å²) in [6, 6.07) is 18.7. The molecule has 1 unspecified atom stereocenters. The van der Waals surface area contributed by atoms with Crippen LogP contribution in [0, 0.1) is 0 Å². The highest BCUT2D eigenvalue weighted by molar-refractivity contribution is 5.98. The summed E-state index contributed by atoms with van der Waals surface area (Å²) in [5.74, 6) is 1.32. The molecule has 0 saturated heterocycles. The zero-order valence-corrected chi connectivity index (χ0v) is 14.9. The number of fused-ring (bicyclic) bond motifs is 2. The maximum Gasteiger partial charge on any atom is -0.0167 e. The average Bonchev–Trinajstić information content (AvgIpc) is 2.59. The van der Waals surface area contributed by atoms with Crippen molar-refractivity contribution >= 4 is 21.5 Å². The predicted octanol–water partition coefficient (Wildman–Crippen LogP) is 7.41. The second kappa shape index (κ2) is 6.74. The van der Waals surface area contributed by atoms with Gasteiger partial charge in [-0.25, -0.2) is 0 Å². The first-order valence-electron chi connectivity index (χ1n) is 9.13. The highest BCUT2D eigenvalue weighted by Gasteiger charge is 2.09. The summed E-state index contributed by atoms with van der Waals surface area (Å²) >= 11 is 0. The van der Waals surface area contributed by atoms with Crippen molar-refractivity contribution in [2.45, 2.75) is 58.8 Å². The van der Waals surface area contributed by atoms with E-state index < -0.39 is 0 Å². The minimum Gasteiger partial charge on any atom is -0.0648 e. The third-order valence-electron chi connectivity index (χ3n) is 5.48. The van der Waals surface area contributed by atoms with Crippen LogP contribution in [-0.2, 0) is 0 Å². The molecule has 120 valence electrons. The molecule has 0 spiro atoms. The van der Waals surface area contributed by atoms with Crippen LogP contribution in [0.1, 0.15) is 69.9 Å². The molecule has 0 saturated carbocycles. The summed E-state index contributed by atoms with van der Waals surface area (Å²) < 4.78 is 0. The zero-order valence-electron chi connectivity index (χ0n) is 14.9. The molecule has 3 rings (SSSR count). The summed E-state index contributed by atoms with van der Waals surface area (Å²) in [7, 11) is 0. The first-order valence-corrected chi connectivity index (χ1v) is 9.13. The summed E-state index contributed by atoms with van der Waals surface area (Å²) in [6.07, 6.45) is 3.62. The van der Waals surface area contributed by atoms with Crippen LogP contribution in [-0.4, -0.2) is 0 Å². The molecule has 0 aromatic heterocycles. The monoisotopic (exact) mass is 304 g/mol. The molecule has 0 aliphatic rings. The van der Waals surface area contributed by atoms with Gasteiger partial charge in [0.05, 0.1) is 0 Å². The van der Waals surface area contributed by atoms with E-state index in [9.17, 15) is 0 Å². The Labute approximate surface area is 140 Å². The summed E-state index contributed by atoms with van der Waals surface area (Å²) in [6.45, 7) is 9.14. The Kier molecular flexibility index (Phi) is 4.71. The van der Waals surface area contributed by atoms with Crippen molar-refractivity contribution in [1.82, 2.24) is 0 Å². The standard InChI is InChI=1S/C23H28/c1-5-16(4)18-8-9-20-15-23-13-19(17(6-2)7-3)10-11-21(23)14-22(20)12-18/h8-17H,5-7H2,1-4H3. The molecular formula is C23H28. The molecule has 3 aromatic rings. The Hall–Kier alpha value is -1.82. The molecule has 0 aliphatic carbocycles. The third-order valence-corrected chi connectivity index (χ3v) is 5.48. The second-order valence-electron chi connectivity index (χ2n) is 6.89. The largest absolute Gasteiger partial charge is 0.0648 e. The molecule has 0 bridgehead atoms. The van der Waals surface area contributed by atoms with Gasteiger partial charge in [-0.3, -0.25) is 0 Å². The molecule has 0 amide bonds. The van der Waals surface area contributed by atoms with Crippen molar-refractivity contribution < 1.29 is 0 Å². The van der Waals surface area contributed by atoms with Gasteiger partial charge in [-0.2, -0.15) is 0 Å². The van der Waals surface area contributed by atoms with Gasteiger partial charge in [-0.05, 0) is 75.9 Å². The van der Waals surface area contributed by atoms with Crippen molar-refractivity contribution in [3.63, 3.8) is 0 Å². The van der Waals surface area contributed by atoms with Crippen LogP contribution >= 0.6 is 0 Å². The van der Waals surface area contributed by atoms with E-state index in [0.29, 0.717) is 11.8 Å². The fourth-order valence-electron chi connectivity index (χ4n) is 3.59. The number of hydrogen-bond donors (Lipinski definition) is 0. The fraction of sp³-hybridized carbons (Fsp3) is 0.391. The number of rotatable bonds is 5. The zero-order chi connectivity index (χ0) is 16.4. The van der Waals surface area contributed by atoms with Crippen LogP contribution in [0.4, 0.5) is 0 Å². The second-order valence-corrected chi connectivity index (χ2v) is 6.89. The normalized spacial score (nSPS) is 13.1. The summed E-state index contributed by atoms with van der Waals surface area (Å²) in [5, 5.41) is 5.45. The topological polar surface area (TPSA) is 0 Å². The Morgan fingerprint density at radius 2 is 1.13 bits per heavy atom. The van der Waals surface area contributed by atoms with Gasteiger partial charge in [0, 0.05) is 0 Å². The highest BCUT2D eigenvalue weighted by atomic mass is 14.1. The van der Waals surface area contributed by atoms with Crippen molar-refractivity contribution in [2.24, 2.45) is 0 Å². The highest BCUT2D eigenvalue weighted by Crippen LogP contribution is 2.30. The smallest absolute Gasteiger partial charge is 0.0167 e. The van der Waals surface area contributed by atoms with E-state index in [1.54, 1.807) is 0 Å². The maximum absolute atomic E-state index is 2.40. The Balaban J connectivity index is 2.10. The van der Waals surface area contributed by atoms with E-state index >= 15 is 0 Å². The molecule has 0 heterocycles. The first kappa shape index (κ1) is 16.1. The van der Waals surface area contributed by atoms with E-state index in [1.165, 1.54) is 51.9 Å². The average molecular weight is 304 g/mol. The molecule has 0 heteroatoms. The molecule has 3 aromatic carbocycles. The van der Waals surface area contributed by atoms with Gasteiger partial charge in [0.2, 0.25) is 0 Å². The van der Waals surface area contributed by atoms with Crippen molar-refractivity contribution in [3.05, 3.63) is 59.7 Å². The van der Waals surface area contributed by atoms with Crippen molar-refractivity contribution in [3.8, 4) is 0 Å². The van der Waals surface area contributed by atoms with Gasteiger partial charge in [0.1, 0.15) is 0 Å². The Morgan fingerprint density at radius 1 is 0.609 bits per heavy atom. The van der Waals surface area contributed by atoms with E-state index in [-0.39, 0.29) is 0 Å². The minimum atomic E-state index is 0.632. The van der Waals surface area contributed by atoms with E-state index in [2.05, 4.69) is 76.2 Å². The SMILES string of the molecule is CCC(C)c1ccc2cc3cc(C(CC)CC)ccc3cc2c1. The molecule has 0 nitrogen and oxygen atoms in total. The first-order chi connectivity index (χ1) is 11.2. The Bertz CT molecular complexity index is 809. The molecule has 0 aliphatic heterocycles. The molecular weight excluding hydrogens is 276 g/mol. The van der Waals surface area contributed by atoms with Crippen LogP contribution in [0.15, 0.2) is 48.5 Å². The van der Waals surface area contributed by atoms with Crippen LogP contribution in [0.25, 0.3) is 21.5 Å². The summed E-state index contributed by atoms with van der Waals surface area (Å²) in [4.78, 5) is 0. The maximum atomic E-state index is 2.40. The van der Waals surface area contributed by atoms with Gasteiger partial charge in [0.15, 0.2) is 0 Å². The van der Waals surface area contributed by atoms with E-state index in [4.69, 9.17) is 0 Å². The fourth-order valence-corrected chi connectivity index (χ4v) is 3.59. The lowest BCUT2D eigenvalue weighted by Gasteiger charge is -2.14. The van der Waals surface area contributed by atoms with Gasteiger partial charge in [-0.15, -0.1) is 0 Å². The van der Waals surface area contributed by atoms with Crippen LogP contribution in [0.5, 0.6) is 0 Å². The van der Waals surface area contributed by atoms with Gasteiger partial charge >= 0.3 is 0 Å². The lowest BCUT2D eigenvalue weighted by atomic mass is 9.90. The molecule has 0 radical (unpaired) electrons. The van der Waals surface area contributed by atoms with Crippen LogP contribution in [0.2, 0.25) is 0 Å². The lowest BCUT2D eigenvalue weighted by molar-refractivity contribution is 0.643. The minimum absolute atomic E-state index is 0.632. The van der Waals surface area contributed by atoms with Crippen LogP contribution < -0.4 is 0 Å². The molecule has 0 N–H and O–H groups in total. The van der Waals surface area contributed by atoms with Gasteiger partial charge < -0.3 is 0 Å². The quantitative estimate of drug-likeness (QED) is 0.430. The summed E-state index contributed by atoms with van der Waals surface area (Å²) in [5.41, 5.74) is 2.94.